The average molecular weight is 280 g/mol. The molecular weight excluding hydrogens is 268 g/mol. The van der Waals surface area contributed by atoms with Crippen LogP contribution in [0.4, 0.5) is 17.5 Å². The van der Waals surface area contributed by atoms with Crippen molar-refractivity contribution in [2.75, 3.05) is 17.2 Å². The first kappa shape index (κ1) is 13.1. The highest BCUT2D eigenvalue weighted by atomic mass is 32.1. The van der Waals surface area contributed by atoms with Gasteiger partial charge in [0.1, 0.15) is 6.20 Å². The summed E-state index contributed by atoms with van der Waals surface area (Å²) in [6.45, 7) is 2.98. The zero-order valence-electron chi connectivity index (χ0n) is 10.2. The molecule has 9 heteroatoms. The minimum Gasteiger partial charge on any atom is -0.359 e. The van der Waals surface area contributed by atoms with Gasteiger partial charge in [0.2, 0.25) is 11.8 Å². The number of thiazole rings is 1. The molecule has 0 bridgehead atoms. The zero-order chi connectivity index (χ0) is 13.7. The zero-order valence-corrected chi connectivity index (χ0v) is 11.0. The summed E-state index contributed by atoms with van der Waals surface area (Å²) < 4.78 is 0. The molecule has 2 rings (SSSR count). The van der Waals surface area contributed by atoms with Crippen LogP contribution in [-0.2, 0) is 6.54 Å². The minimum atomic E-state index is -0.509. The van der Waals surface area contributed by atoms with Crippen molar-refractivity contribution in [1.82, 2.24) is 15.0 Å². The first-order valence-corrected chi connectivity index (χ1v) is 6.45. The van der Waals surface area contributed by atoms with E-state index in [0.29, 0.717) is 19.0 Å². The molecule has 0 aliphatic heterocycles. The molecule has 0 aromatic carbocycles. The molecule has 2 aromatic rings. The molecule has 0 amide bonds. The fourth-order valence-corrected chi connectivity index (χ4v) is 1.92. The number of nitrogens with zero attached hydrogens (tertiary/aromatic N) is 4. The molecule has 0 radical (unpaired) electrons. The molecule has 0 unspecified atom stereocenters. The standard InChI is InChI=1S/C10H12N6O2S/c1-2-12-10-14-5-8(16(17)18)9(15-10)13-4-7-3-11-6-19-7/h3,5-6H,2,4H2,1H3,(H2,12,13,14,15). The van der Waals surface area contributed by atoms with Crippen molar-refractivity contribution in [3.8, 4) is 0 Å². The number of hydrogen-bond donors (Lipinski definition) is 2. The lowest BCUT2D eigenvalue weighted by Gasteiger charge is -2.06. The van der Waals surface area contributed by atoms with Gasteiger partial charge in [-0.1, -0.05) is 0 Å². The Bertz CT molecular complexity index is 559. The van der Waals surface area contributed by atoms with E-state index in [1.165, 1.54) is 17.5 Å². The van der Waals surface area contributed by atoms with Crippen LogP contribution in [0.1, 0.15) is 11.8 Å². The Morgan fingerprint density at radius 3 is 2.89 bits per heavy atom. The summed E-state index contributed by atoms with van der Waals surface area (Å²) in [6.07, 6.45) is 2.90. The molecule has 2 N–H and O–H groups in total. The quantitative estimate of drug-likeness (QED) is 0.614. The molecule has 19 heavy (non-hydrogen) atoms. The second-order valence-corrected chi connectivity index (χ2v) is 4.51. The highest BCUT2D eigenvalue weighted by Gasteiger charge is 2.17. The van der Waals surface area contributed by atoms with Crippen LogP contribution >= 0.6 is 11.3 Å². The van der Waals surface area contributed by atoms with Crippen LogP contribution < -0.4 is 10.6 Å². The Hall–Kier alpha value is -2.29. The molecular formula is C10H12N6O2S. The molecule has 2 heterocycles. The third-order valence-corrected chi connectivity index (χ3v) is 2.99. The van der Waals surface area contributed by atoms with E-state index >= 15 is 0 Å². The monoisotopic (exact) mass is 280 g/mol. The van der Waals surface area contributed by atoms with Crippen molar-refractivity contribution in [2.45, 2.75) is 13.5 Å². The molecule has 0 saturated heterocycles. The topological polar surface area (TPSA) is 106 Å². The fourth-order valence-electron chi connectivity index (χ4n) is 1.38. The fraction of sp³-hybridized carbons (Fsp3) is 0.300. The summed E-state index contributed by atoms with van der Waals surface area (Å²) >= 11 is 1.47. The predicted molar refractivity (Wildman–Crippen MR) is 72.3 cm³/mol. The molecule has 0 spiro atoms. The van der Waals surface area contributed by atoms with Crippen molar-refractivity contribution in [3.63, 3.8) is 0 Å². The van der Waals surface area contributed by atoms with Gasteiger partial charge in [-0.3, -0.25) is 15.1 Å². The Morgan fingerprint density at radius 1 is 1.42 bits per heavy atom. The number of aromatic nitrogens is 3. The second kappa shape index (κ2) is 6.05. The summed E-state index contributed by atoms with van der Waals surface area (Å²) in [5.41, 5.74) is 1.56. The van der Waals surface area contributed by atoms with Gasteiger partial charge in [-0.25, -0.2) is 4.98 Å². The second-order valence-electron chi connectivity index (χ2n) is 3.54. The highest BCUT2D eigenvalue weighted by molar-refractivity contribution is 7.09. The van der Waals surface area contributed by atoms with Gasteiger partial charge in [0.05, 0.1) is 17.0 Å². The van der Waals surface area contributed by atoms with E-state index in [4.69, 9.17) is 0 Å². The largest absolute Gasteiger partial charge is 0.359 e. The van der Waals surface area contributed by atoms with Gasteiger partial charge in [-0.05, 0) is 6.92 Å². The molecule has 8 nitrogen and oxygen atoms in total. The Morgan fingerprint density at radius 2 is 2.26 bits per heavy atom. The lowest BCUT2D eigenvalue weighted by atomic mass is 10.4. The molecule has 0 aliphatic carbocycles. The van der Waals surface area contributed by atoms with E-state index < -0.39 is 4.92 Å². The highest BCUT2D eigenvalue weighted by Crippen LogP contribution is 2.22. The molecule has 100 valence electrons. The smallest absolute Gasteiger partial charge is 0.329 e. The van der Waals surface area contributed by atoms with Gasteiger partial charge in [0, 0.05) is 17.6 Å². The van der Waals surface area contributed by atoms with Crippen LogP contribution in [0.3, 0.4) is 0 Å². The summed E-state index contributed by atoms with van der Waals surface area (Å²) in [4.78, 5) is 23.3. The van der Waals surface area contributed by atoms with Crippen molar-refractivity contribution in [3.05, 3.63) is 32.9 Å². The molecule has 0 aliphatic rings. The van der Waals surface area contributed by atoms with Crippen molar-refractivity contribution < 1.29 is 4.92 Å². The third kappa shape index (κ3) is 3.35. The maximum atomic E-state index is 10.9. The third-order valence-electron chi connectivity index (χ3n) is 2.21. The van der Waals surface area contributed by atoms with E-state index in [1.807, 2.05) is 6.92 Å². The van der Waals surface area contributed by atoms with Crippen LogP contribution in [0.2, 0.25) is 0 Å². The minimum absolute atomic E-state index is 0.147. The van der Waals surface area contributed by atoms with Gasteiger partial charge >= 0.3 is 5.69 Å². The van der Waals surface area contributed by atoms with Crippen molar-refractivity contribution >= 4 is 28.8 Å². The number of nitrogens with one attached hydrogen (secondary N) is 2. The van der Waals surface area contributed by atoms with Gasteiger partial charge < -0.3 is 10.6 Å². The maximum absolute atomic E-state index is 10.9. The molecule has 0 fully saturated rings. The number of hydrogen-bond acceptors (Lipinski definition) is 8. The van der Waals surface area contributed by atoms with Crippen LogP contribution in [0, 0.1) is 10.1 Å². The molecule has 0 saturated carbocycles. The predicted octanol–water partition coefficient (Wildman–Crippen LogP) is 1.89. The summed E-state index contributed by atoms with van der Waals surface area (Å²) in [6, 6.07) is 0. The number of rotatable bonds is 6. The van der Waals surface area contributed by atoms with Crippen molar-refractivity contribution in [1.29, 1.82) is 0 Å². The van der Waals surface area contributed by atoms with E-state index in [0.717, 1.165) is 4.88 Å². The van der Waals surface area contributed by atoms with Crippen LogP contribution in [0.25, 0.3) is 0 Å². The van der Waals surface area contributed by atoms with Gasteiger partial charge in [-0.2, -0.15) is 4.98 Å². The SMILES string of the molecule is CCNc1ncc([N+](=O)[O-])c(NCc2cncs2)n1. The normalized spacial score (nSPS) is 10.2. The Balaban J connectivity index is 2.19. The summed E-state index contributed by atoms with van der Waals surface area (Å²) in [7, 11) is 0. The van der Waals surface area contributed by atoms with E-state index in [2.05, 4.69) is 25.6 Å². The van der Waals surface area contributed by atoms with E-state index in [9.17, 15) is 10.1 Å². The Kier molecular flexibility index (Phi) is 4.18. The summed E-state index contributed by atoms with van der Waals surface area (Å²) in [5.74, 6) is 0.559. The van der Waals surface area contributed by atoms with Gasteiger partial charge in [0.25, 0.3) is 0 Å². The van der Waals surface area contributed by atoms with Crippen LogP contribution in [0.15, 0.2) is 17.9 Å². The van der Waals surface area contributed by atoms with Crippen molar-refractivity contribution in [2.24, 2.45) is 0 Å². The lowest BCUT2D eigenvalue weighted by molar-refractivity contribution is -0.384. The van der Waals surface area contributed by atoms with Gasteiger partial charge in [0.15, 0.2) is 0 Å². The first-order chi connectivity index (χ1) is 9.20. The maximum Gasteiger partial charge on any atom is 0.329 e. The Labute approximate surface area is 113 Å². The molecule has 0 atom stereocenters. The lowest BCUT2D eigenvalue weighted by Crippen LogP contribution is -2.08. The average Bonchev–Trinajstić information content (AvgIpc) is 2.89. The van der Waals surface area contributed by atoms with E-state index in [1.54, 1.807) is 11.7 Å². The number of anilines is 2. The van der Waals surface area contributed by atoms with Gasteiger partial charge in [-0.15, -0.1) is 11.3 Å². The summed E-state index contributed by atoms with van der Waals surface area (Å²) in [5, 5.41) is 16.8. The first-order valence-electron chi connectivity index (χ1n) is 5.57. The molecule has 2 aromatic heterocycles. The van der Waals surface area contributed by atoms with Crippen LogP contribution in [-0.4, -0.2) is 26.4 Å². The van der Waals surface area contributed by atoms with E-state index in [-0.39, 0.29) is 11.5 Å². The number of nitro groups is 1. The van der Waals surface area contributed by atoms with Crippen LogP contribution in [0.5, 0.6) is 0 Å².